The van der Waals surface area contributed by atoms with Gasteiger partial charge < -0.3 is 4.74 Å². The number of hydrogen-bond donors (Lipinski definition) is 0. The highest BCUT2D eigenvalue weighted by Gasteiger charge is 2.45. The quantitative estimate of drug-likeness (QED) is 0.500. The van der Waals surface area contributed by atoms with E-state index in [0.717, 1.165) is 17.7 Å². The summed E-state index contributed by atoms with van der Waals surface area (Å²) in [6.45, 7) is 0.944. The number of fused-ring (bicyclic) bond motifs is 1. The van der Waals surface area contributed by atoms with Crippen molar-refractivity contribution in [2.75, 3.05) is 13.1 Å². The lowest BCUT2D eigenvalue weighted by atomic mass is 9.75. The molecule has 166 valence electrons. The van der Waals surface area contributed by atoms with Gasteiger partial charge in [-0.3, -0.25) is 0 Å². The van der Waals surface area contributed by atoms with Gasteiger partial charge in [0.25, 0.3) is 0 Å². The number of para-hydroxylation sites is 1. The molecule has 4 nitrogen and oxygen atoms in total. The van der Waals surface area contributed by atoms with E-state index >= 15 is 0 Å². The molecule has 1 spiro atoms. The molecule has 1 fully saturated rings. The number of ether oxygens (including phenoxy) is 1. The topological polar surface area (TPSA) is 46.6 Å². The highest BCUT2D eigenvalue weighted by molar-refractivity contribution is 7.88. The maximum atomic E-state index is 13.0. The molecule has 1 unspecified atom stereocenters. The van der Waals surface area contributed by atoms with Crippen LogP contribution < -0.4 is 4.74 Å². The Bertz CT molecular complexity index is 1190. The van der Waals surface area contributed by atoms with Gasteiger partial charge in [-0.1, -0.05) is 72.3 Å². The van der Waals surface area contributed by atoms with Crippen LogP contribution in [0.4, 0.5) is 0 Å². The van der Waals surface area contributed by atoms with Crippen LogP contribution >= 0.6 is 11.6 Å². The molecule has 5 rings (SSSR count). The third-order valence-electron chi connectivity index (χ3n) is 6.69. The molecule has 3 aromatic carbocycles. The second-order valence-electron chi connectivity index (χ2n) is 8.77. The summed E-state index contributed by atoms with van der Waals surface area (Å²) in [6.07, 6.45) is 2.23. The summed E-state index contributed by atoms with van der Waals surface area (Å²) in [6, 6.07) is 25.8. The predicted octanol–water partition coefficient (Wildman–Crippen LogP) is 5.62. The van der Waals surface area contributed by atoms with Gasteiger partial charge in [0.2, 0.25) is 10.0 Å². The van der Waals surface area contributed by atoms with Crippen LogP contribution in [-0.2, 0) is 15.8 Å². The number of sulfonamides is 1. The summed E-state index contributed by atoms with van der Waals surface area (Å²) in [7, 11) is -3.40. The number of rotatable bonds is 4. The second-order valence-corrected chi connectivity index (χ2v) is 11.2. The summed E-state index contributed by atoms with van der Waals surface area (Å²) in [5, 5.41) is 0.605. The van der Waals surface area contributed by atoms with Crippen LogP contribution in [0.1, 0.15) is 41.9 Å². The van der Waals surface area contributed by atoms with Gasteiger partial charge in [0.05, 0.1) is 5.75 Å². The van der Waals surface area contributed by atoms with E-state index < -0.39 is 10.0 Å². The van der Waals surface area contributed by atoms with Crippen molar-refractivity contribution < 1.29 is 13.2 Å². The Kier molecular flexibility index (Phi) is 5.74. The number of benzene rings is 3. The molecule has 0 N–H and O–H groups in total. The molecular weight excluding hydrogens is 442 g/mol. The van der Waals surface area contributed by atoms with Gasteiger partial charge in [0.15, 0.2) is 0 Å². The van der Waals surface area contributed by atoms with Crippen LogP contribution in [0.3, 0.4) is 0 Å². The lowest BCUT2D eigenvalue weighted by Crippen LogP contribution is -2.52. The Labute approximate surface area is 194 Å². The Balaban J connectivity index is 1.35. The number of halogens is 1. The van der Waals surface area contributed by atoms with Crippen LogP contribution in [-0.4, -0.2) is 31.4 Å². The zero-order valence-corrected chi connectivity index (χ0v) is 19.4. The van der Waals surface area contributed by atoms with Crippen LogP contribution in [0.5, 0.6) is 5.75 Å². The molecule has 2 aliphatic rings. The lowest BCUT2D eigenvalue weighted by molar-refractivity contribution is -0.00328. The van der Waals surface area contributed by atoms with E-state index in [4.69, 9.17) is 16.3 Å². The smallest absolute Gasteiger partial charge is 0.218 e. The van der Waals surface area contributed by atoms with E-state index in [9.17, 15) is 8.42 Å². The van der Waals surface area contributed by atoms with E-state index in [1.807, 2.05) is 18.2 Å². The summed E-state index contributed by atoms with van der Waals surface area (Å²) in [5.74, 6) is 1.16. The average molecular weight is 468 g/mol. The molecular formula is C26H26ClNO3S. The van der Waals surface area contributed by atoms with Crippen molar-refractivity contribution in [3.8, 4) is 5.75 Å². The molecule has 1 atom stereocenters. The molecule has 2 heterocycles. The number of piperidine rings is 1. The fourth-order valence-electron chi connectivity index (χ4n) is 4.96. The zero-order chi connectivity index (χ0) is 22.2. The third-order valence-corrected chi connectivity index (χ3v) is 8.79. The molecule has 0 saturated carbocycles. The Hall–Kier alpha value is -2.34. The van der Waals surface area contributed by atoms with E-state index in [0.29, 0.717) is 31.0 Å². The normalized spacial score (nSPS) is 20.5. The van der Waals surface area contributed by atoms with Crippen LogP contribution in [0, 0.1) is 0 Å². The van der Waals surface area contributed by atoms with Crippen molar-refractivity contribution in [1.29, 1.82) is 0 Å². The highest BCUT2D eigenvalue weighted by Crippen LogP contribution is 2.48. The van der Waals surface area contributed by atoms with E-state index in [2.05, 4.69) is 36.4 Å². The molecule has 3 aromatic rings. The molecule has 32 heavy (non-hydrogen) atoms. The van der Waals surface area contributed by atoms with Crippen molar-refractivity contribution in [2.45, 2.75) is 36.5 Å². The van der Waals surface area contributed by atoms with Gasteiger partial charge >= 0.3 is 0 Å². The van der Waals surface area contributed by atoms with Crippen LogP contribution in [0.15, 0.2) is 78.9 Å². The average Bonchev–Trinajstić information content (AvgIpc) is 2.81. The van der Waals surface area contributed by atoms with Crippen LogP contribution in [0.25, 0.3) is 0 Å². The molecule has 0 aliphatic carbocycles. The number of nitrogens with zero attached hydrogens (tertiary/aromatic N) is 1. The molecule has 0 amide bonds. The maximum absolute atomic E-state index is 13.0. The molecule has 0 bridgehead atoms. The minimum atomic E-state index is -3.40. The monoisotopic (exact) mass is 467 g/mol. The SMILES string of the molecule is O=S(=O)(Cc1ccc(Cl)cc1)N1CCC2(CC1)CC(c1ccccc1)c1ccccc1O2. The summed E-state index contributed by atoms with van der Waals surface area (Å²) in [5.41, 5.74) is 2.89. The first-order chi connectivity index (χ1) is 15.4. The van der Waals surface area contributed by atoms with Gasteiger partial charge in [-0.2, -0.15) is 0 Å². The first kappa shape index (κ1) is 21.5. The lowest BCUT2D eigenvalue weighted by Gasteiger charge is -2.46. The van der Waals surface area contributed by atoms with Gasteiger partial charge in [0, 0.05) is 42.4 Å². The van der Waals surface area contributed by atoms with Gasteiger partial charge in [-0.25, -0.2) is 12.7 Å². The van der Waals surface area contributed by atoms with E-state index in [-0.39, 0.29) is 17.3 Å². The minimum Gasteiger partial charge on any atom is -0.487 e. The van der Waals surface area contributed by atoms with Crippen LogP contribution in [0.2, 0.25) is 5.02 Å². The van der Waals surface area contributed by atoms with Gasteiger partial charge in [-0.05, 0) is 35.7 Å². The molecule has 6 heteroatoms. The Morgan fingerprint density at radius 3 is 2.28 bits per heavy atom. The summed E-state index contributed by atoms with van der Waals surface area (Å²) in [4.78, 5) is 0. The minimum absolute atomic E-state index is 0.00645. The largest absolute Gasteiger partial charge is 0.487 e. The van der Waals surface area contributed by atoms with E-state index in [1.165, 1.54) is 11.1 Å². The van der Waals surface area contributed by atoms with Crippen molar-refractivity contribution >= 4 is 21.6 Å². The van der Waals surface area contributed by atoms with Crippen molar-refractivity contribution in [3.63, 3.8) is 0 Å². The molecule has 2 aliphatic heterocycles. The highest BCUT2D eigenvalue weighted by atomic mass is 35.5. The number of hydrogen-bond acceptors (Lipinski definition) is 3. The Morgan fingerprint density at radius 1 is 0.906 bits per heavy atom. The summed E-state index contributed by atoms with van der Waals surface area (Å²) >= 11 is 5.93. The summed E-state index contributed by atoms with van der Waals surface area (Å²) < 4.78 is 34.3. The van der Waals surface area contributed by atoms with Crippen molar-refractivity contribution in [1.82, 2.24) is 4.31 Å². The third kappa shape index (κ3) is 4.29. The van der Waals surface area contributed by atoms with E-state index in [1.54, 1.807) is 28.6 Å². The Morgan fingerprint density at radius 2 is 1.56 bits per heavy atom. The van der Waals surface area contributed by atoms with Crippen molar-refractivity contribution in [3.05, 3.63) is 101 Å². The van der Waals surface area contributed by atoms with Crippen molar-refractivity contribution in [2.24, 2.45) is 0 Å². The molecule has 0 radical (unpaired) electrons. The first-order valence-corrected chi connectivity index (χ1v) is 13.0. The van der Waals surface area contributed by atoms with Gasteiger partial charge in [-0.15, -0.1) is 0 Å². The first-order valence-electron chi connectivity index (χ1n) is 11.0. The van der Waals surface area contributed by atoms with Gasteiger partial charge in [0.1, 0.15) is 11.4 Å². The fraction of sp³-hybridized carbons (Fsp3) is 0.308. The predicted molar refractivity (Wildman–Crippen MR) is 128 cm³/mol. The zero-order valence-electron chi connectivity index (χ0n) is 17.8. The maximum Gasteiger partial charge on any atom is 0.218 e. The fourth-order valence-corrected chi connectivity index (χ4v) is 6.62. The molecule has 1 saturated heterocycles. The standard InChI is InChI=1S/C26H26ClNO3S/c27-22-12-10-20(11-13-22)19-32(29,30)28-16-14-26(15-17-28)18-24(21-6-2-1-3-7-21)23-8-4-5-9-25(23)31-26/h1-13,24H,14-19H2. The second kappa shape index (κ2) is 8.54. The molecule has 0 aromatic heterocycles.